The van der Waals surface area contributed by atoms with Crippen molar-refractivity contribution in [1.29, 1.82) is 0 Å². The molecule has 1 aliphatic rings. The van der Waals surface area contributed by atoms with Crippen molar-refractivity contribution in [1.82, 2.24) is 0 Å². The van der Waals surface area contributed by atoms with Gasteiger partial charge in [-0.2, -0.15) is 0 Å². The summed E-state index contributed by atoms with van der Waals surface area (Å²) in [7, 11) is 0. The molecular formula is C19H22O2. The summed E-state index contributed by atoms with van der Waals surface area (Å²) in [6.07, 6.45) is 2.14. The molecule has 0 heterocycles. The van der Waals surface area contributed by atoms with Crippen molar-refractivity contribution >= 4 is 0 Å². The molecule has 1 atom stereocenters. The molecule has 0 saturated heterocycles. The molecule has 21 heavy (non-hydrogen) atoms. The molecule has 1 aliphatic carbocycles. The van der Waals surface area contributed by atoms with Gasteiger partial charge >= 0.3 is 0 Å². The summed E-state index contributed by atoms with van der Waals surface area (Å²) in [4.78, 5) is 0. The molecule has 0 amide bonds. The average Bonchev–Trinajstić information content (AvgIpc) is 3.31. The van der Waals surface area contributed by atoms with Gasteiger partial charge in [0, 0.05) is 0 Å². The number of hydrogen-bond donors (Lipinski definition) is 1. The molecular weight excluding hydrogens is 260 g/mol. The molecule has 0 radical (unpaired) electrons. The van der Waals surface area contributed by atoms with Gasteiger partial charge in [-0.25, -0.2) is 0 Å². The van der Waals surface area contributed by atoms with Crippen LogP contribution in [0.15, 0.2) is 48.5 Å². The summed E-state index contributed by atoms with van der Waals surface area (Å²) < 4.78 is 5.69. The fourth-order valence-electron chi connectivity index (χ4n) is 2.59. The highest BCUT2D eigenvalue weighted by Crippen LogP contribution is 2.40. The molecule has 2 aromatic rings. The molecule has 2 nitrogen and oxygen atoms in total. The Labute approximate surface area is 126 Å². The number of ether oxygens (including phenoxy) is 1. The molecule has 110 valence electrons. The fraction of sp³-hybridized carbons (Fsp3) is 0.368. The van der Waals surface area contributed by atoms with E-state index in [1.54, 1.807) is 0 Å². The molecule has 2 aromatic carbocycles. The van der Waals surface area contributed by atoms with Gasteiger partial charge < -0.3 is 9.84 Å². The van der Waals surface area contributed by atoms with E-state index in [0.29, 0.717) is 0 Å². The van der Waals surface area contributed by atoms with Crippen LogP contribution in [0.1, 0.15) is 55.4 Å². The van der Waals surface area contributed by atoms with E-state index in [1.807, 2.05) is 50.2 Å². The van der Waals surface area contributed by atoms with Gasteiger partial charge in [0.1, 0.15) is 11.9 Å². The zero-order chi connectivity index (χ0) is 14.8. The minimum atomic E-state index is -0.603. The van der Waals surface area contributed by atoms with E-state index >= 15 is 0 Å². The first-order valence-corrected chi connectivity index (χ1v) is 7.68. The zero-order valence-electron chi connectivity index (χ0n) is 12.6. The van der Waals surface area contributed by atoms with Gasteiger partial charge in [-0.05, 0) is 61.4 Å². The molecule has 0 aromatic heterocycles. The van der Waals surface area contributed by atoms with Crippen molar-refractivity contribution in [3.63, 3.8) is 0 Å². The highest BCUT2D eigenvalue weighted by molar-refractivity contribution is 5.37. The number of aliphatic hydroxyl groups is 1. The third-order valence-electron chi connectivity index (χ3n) is 3.85. The summed E-state index contributed by atoms with van der Waals surface area (Å²) in [6.45, 7) is 4.00. The van der Waals surface area contributed by atoms with Crippen molar-refractivity contribution in [2.24, 2.45) is 0 Å². The van der Waals surface area contributed by atoms with E-state index in [4.69, 9.17) is 4.74 Å². The quantitative estimate of drug-likeness (QED) is 0.879. The molecule has 0 aliphatic heterocycles. The van der Waals surface area contributed by atoms with Crippen molar-refractivity contribution in [2.45, 2.75) is 44.8 Å². The number of hydrogen-bond acceptors (Lipinski definition) is 2. The lowest BCUT2D eigenvalue weighted by Gasteiger charge is -2.15. The van der Waals surface area contributed by atoms with Crippen LogP contribution in [0.2, 0.25) is 0 Å². The Bertz CT molecular complexity index is 597. The van der Waals surface area contributed by atoms with Gasteiger partial charge in [-0.3, -0.25) is 0 Å². The molecule has 3 rings (SSSR count). The van der Waals surface area contributed by atoms with Gasteiger partial charge in [0.25, 0.3) is 0 Å². The molecule has 1 N–H and O–H groups in total. The summed E-state index contributed by atoms with van der Waals surface area (Å²) in [6, 6.07) is 16.1. The summed E-state index contributed by atoms with van der Waals surface area (Å²) in [5.74, 6) is 1.55. The lowest BCUT2D eigenvalue weighted by molar-refractivity contribution is 0.216. The van der Waals surface area contributed by atoms with Crippen LogP contribution in [0.5, 0.6) is 5.75 Å². The normalized spacial score (nSPS) is 16.0. The van der Waals surface area contributed by atoms with Crippen LogP contribution < -0.4 is 4.74 Å². The Balaban J connectivity index is 1.78. The molecule has 1 unspecified atom stereocenters. The average molecular weight is 282 g/mol. The van der Waals surface area contributed by atoms with Crippen molar-refractivity contribution in [3.8, 4) is 5.75 Å². The minimum absolute atomic E-state index is 0.134. The second-order valence-electron chi connectivity index (χ2n) is 6.08. The third-order valence-corrected chi connectivity index (χ3v) is 3.85. The van der Waals surface area contributed by atoms with Gasteiger partial charge in [0.05, 0.1) is 6.10 Å². The SMILES string of the molecule is CC(C)Oc1cccc(C(O)c2ccc(C3CC3)cc2)c1. The predicted octanol–water partition coefficient (Wildman–Crippen LogP) is 4.43. The van der Waals surface area contributed by atoms with E-state index in [2.05, 4.69) is 12.1 Å². The Morgan fingerprint density at radius 1 is 1.00 bits per heavy atom. The van der Waals surface area contributed by atoms with Gasteiger partial charge in [0.15, 0.2) is 0 Å². The minimum Gasteiger partial charge on any atom is -0.491 e. The second kappa shape index (κ2) is 5.90. The molecule has 1 fully saturated rings. The highest BCUT2D eigenvalue weighted by Gasteiger charge is 2.23. The number of aliphatic hydroxyl groups excluding tert-OH is 1. The Hall–Kier alpha value is -1.80. The maximum absolute atomic E-state index is 10.5. The van der Waals surface area contributed by atoms with Crippen LogP contribution in [0, 0.1) is 0 Å². The molecule has 0 bridgehead atoms. The van der Waals surface area contributed by atoms with Gasteiger partial charge in [0.2, 0.25) is 0 Å². The topological polar surface area (TPSA) is 29.5 Å². The first kappa shape index (κ1) is 14.2. The van der Waals surface area contributed by atoms with E-state index in [-0.39, 0.29) is 6.10 Å². The summed E-state index contributed by atoms with van der Waals surface area (Å²) in [5.41, 5.74) is 3.19. The van der Waals surface area contributed by atoms with Crippen LogP contribution in [-0.2, 0) is 0 Å². The summed E-state index contributed by atoms with van der Waals surface area (Å²) in [5, 5.41) is 10.5. The summed E-state index contributed by atoms with van der Waals surface area (Å²) >= 11 is 0. The van der Waals surface area contributed by atoms with Crippen LogP contribution in [-0.4, -0.2) is 11.2 Å². The van der Waals surface area contributed by atoms with E-state index in [9.17, 15) is 5.11 Å². The predicted molar refractivity (Wildman–Crippen MR) is 84.7 cm³/mol. The van der Waals surface area contributed by atoms with Crippen LogP contribution >= 0.6 is 0 Å². The van der Waals surface area contributed by atoms with E-state index in [1.165, 1.54) is 18.4 Å². The lowest BCUT2D eigenvalue weighted by Crippen LogP contribution is -2.06. The maximum Gasteiger partial charge on any atom is 0.120 e. The van der Waals surface area contributed by atoms with E-state index in [0.717, 1.165) is 22.8 Å². The Morgan fingerprint density at radius 2 is 1.71 bits per heavy atom. The zero-order valence-corrected chi connectivity index (χ0v) is 12.6. The monoisotopic (exact) mass is 282 g/mol. The molecule has 1 saturated carbocycles. The van der Waals surface area contributed by atoms with Gasteiger partial charge in [-0.15, -0.1) is 0 Å². The number of benzene rings is 2. The van der Waals surface area contributed by atoms with Gasteiger partial charge in [-0.1, -0.05) is 36.4 Å². The largest absolute Gasteiger partial charge is 0.491 e. The molecule has 0 spiro atoms. The second-order valence-corrected chi connectivity index (χ2v) is 6.08. The van der Waals surface area contributed by atoms with Crippen molar-refractivity contribution in [3.05, 3.63) is 65.2 Å². The first-order chi connectivity index (χ1) is 10.1. The fourth-order valence-corrected chi connectivity index (χ4v) is 2.59. The third kappa shape index (κ3) is 3.45. The lowest BCUT2D eigenvalue weighted by atomic mass is 9.99. The van der Waals surface area contributed by atoms with Crippen LogP contribution in [0.3, 0.4) is 0 Å². The van der Waals surface area contributed by atoms with Crippen molar-refractivity contribution in [2.75, 3.05) is 0 Å². The van der Waals surface area contributed by atoms with Crippen LogP contribution in [0.4, 0.5) is 0 Å². The Kier molecular flexibility index (Phi) is 3.98. The smallest absolute Gasteiger partial charge is 0.120 e. The number of rotatable bonds is 5. The highest BCUT2D eigenvalue weighted by atomic mass is 16.5. The maximum atomic E-state index is 10.5. The molecule has 2 heteroatoms. The van der Waals surface area contributed by atoms with Crippen molar-refractivity contribution < 1.29 is 9.84 Å². The van der Waals surface area contributed by atoms with Crippen LogP contribution in [0.25, 0.3) is 0 Å². The first-order valence-electron chi connectivity index (χ1n) is 7.68. The van der Waals surface area contributed by atoms with E-state index < -0.39 is 6.10 Å². The Morgan fingerprint density at radius 3 is 2.33 bits per heavy atom. The standard InChI is InChI=1S/C19H22O2/c1-13(2)21-18-5-3-4-17(12-18)19(20)16-10-8-15(9-11-16)14-6-7-14/h3-5,8-14,19-20H,6-7H2,1-2H3.